The molecule has 0 spiro atoms. The summed E-state index contributed by atoms with van der Waals surface area (Å²) in [5.41, 5.74) is 1.45. The van der Waals surface area contributed by atoms with Gasteiger partial charge in [0, 0.05) is 5.69 Å². The Morgan fingerprint density at radius 2 is 1.91 bits per heavy atom. The van der Waals surface area contributed by atoms with Crippen LogP contribution in [0.15, 0.2) is 88.0 Å². The van der Waals surface area contributed by atoms with Crippen molar-refractivity contribution in [3.8, 4) is 11.8 Å². The number of hydrogen-bond acceptors (Lipinski definition) is 6. The highest BCUT2D eigenvalue weighted by atomic mass is 32.2. The predicted molar refractivity (Wildman–Crippen MR) is 125 cm³/mol. The molecule has 1 atom stereocenters. The highest BCUT2D eigenvalue weighted by Crippen LogP contribution is 2.41. The van der Waals surface area contributed by atoms with E-state index >= 15 is 0 Å². The molecule has 33 heavy (non-hydrogen) atoms. The lowest BCUT2D eigenvalue weighted by Gasteiger charge is -2.18. The van der Waals surface area contributed by atoms with Crippen molar-refractivity contribution in [3.63, 3.8) is 0 Å². The lowest BCUT2D eigenvalue weighted by Crippen LogP contribution is -2.32. The van der Waals surface area contributed by atoms with Crippen LogP contribution in [0.4, 0.5) is 5.69 Å². The fourth-order valence-corrected chi connectivity index (χ4v) is 4.75. The predicted octanol–water partition coefficient (Wildman–Crippen LogP) is 4.03. The van der Waals surface area contributed by atoms with Crippen LogP contribution in [-0.4, -0.2) is 24.2 Å². The number of ether oxygens (including phenoxy) is 1. The maximum atomic E-state index is 13.4. The number of para-hydroxylation sites is 1. The monoisotopic (exact) mass is 459 g/mol. The van der Waals surface area contributed by atoms with E-state index < -0.39 is 11.2 Å². The lowest BCUT2D eigenvalue weighted by atomic mass is 10.1. The number of methoxy groups -OCH3 is 1. The van der Waals surface area contributed by atoms with Crippen molar-refractivity contribution in [2.24, 2.45) is 0 Å². The molecule has 1 saturated heterocycles. The molecule has 0 bridgehead atoms. The Morgan fingerprint density at radius 1 is 1.15 bits per heavy atom. The quantitative estimate of drug-likeness (QED) is 0.423. The van der Waals surface area contributed by atoms with Gasteiger partial charge in [-0.3, -0.25) is 14.5 Å². The Balaban J connectivity index is 1.64. The van der Waals surface area contributed by atoms with Crippen LogP contribution in [0.5, 0.6) is 5.75 Å². The van der Waals surface area contributed by atoms with E-state index in [0.717, 1.165) is 11.3 Å². The number of nitrogens with one attached hydrogen (secondary N) is 1. The fourth-order valence-electron chi connectivity index (χ4n) is 3.44. The second-order valence-corrected chi connectivity index (χ2v) is 8.41. The molecule has 1 N–H and O–H groups in total. The smallest absolute Gasteiger partial charge is 0.265 e. The minimum atomic E-state index is -0.560. The van der Waals surface area contributed by atoms with Crippen LogP contribution in [0.25, 0.3) is 0 Å². The van der Waals surface area contributed by atoms with E-state index in [-0.39, 0.29) is 18.0 Å². The van der Waals surface area contributed by atoms with Crippen molar-refractivity contribution in [3.05, 3.63) is 94.9 Å². The molecule has 0 unspecified atom stereocenters. The van der Waals surface area contributed by atoms with Crippen molar-refractivity contribution < 1.29 is 18.7 Å². The van der Waals surface area contributed by atoms with E-state index in [4.69, 9.17) is 9.15 Å². The summed E-state index contributed by atoms with van der Waals surface area (Å²) in [5, 5.41) is 12.4. The zero-order valence-electron chi connectivity index (χ0n) is 17.9. The summed E-state index contributed by atoms with van der Waals surface area (Å²) >= 11 is 1.23. The third-order valence-corrected chi connectivity index (χ3v) is 6.37. The Kier molecular flexibility index (Phi) is 6.81. The molecule has 1 fully saturated rings. The van der Waals surface area contributed by atoms with Gasteiger partial charge < -0.3 is 14.5 Å². The highest BCUT2D eigenvalue weighted by Gasteiger charge is 2.40. The van der Waals surface area contributed by atoms with Crippen molar-refractivity contribution in [2.75, 3.05) is 12.0 Å². The number of benzene rings is 2. The van der Waals surface area contributed by atoms with Gasteiger partial charge in [0.1, 0.15) is 28.2 Å². The first-order chi connectivity index (χ1) is 16.1. The summed E-state index contributed by atoms with van der Waals surface area (Å²) in [7, 11) is 1.60. The molecule has 1 aromatic heterocycles. The zero-order valence-corrected chi connectivity index (χ0v) is 18.7. The molecular weight excluding hydrogens is 438 g/mol. The molecular formula is C25H21N3O4S. The minimum absolute atomic E-state index is 0.110. The molecule has 1 aliphatic heterocycles. The summed E-state index contributed by atoms with van der Waals surface area (Å²) in [6.07, 6.45) is 1.96. The molecule has 0 radical (unpaired) electrons. The summed E-state index contributed by atoms with van der Waals surface area (Å²) in [6, 6.07) is 22.0. The second kappa shape index (κ2) is 10.1. The van der Waals surface area contributed by atoms with Crippen LogP contribution in [0, 0.1) is 11.3 Å². The lowest BCUT2D eigenvalue weighted by molar-refractivity contribution is -0.117. The van der Waals surface area contributed by atoms with E-state index in [1.807, 2.05) is 48.5 Å². The number of nitrogens with zero attached hydrogens (tertiary/aromatic N) is 2. The van der Waals surface area contributed by atoms with Gasteiger partial charge in [-0.05, 0) is 48.4 Å². The third-order valence-electron chi connectivity index (χ3n) is 5.10. The van der Waals surface area contributed by atoms with Crippen LogP contribution in [0.3, 0.4) is 0 Å². The molecule has 2 amide bonds. The van der Waals surface area contributed by atoms with E-state index in [0.29, 0.717) is 22.9 Å². The summed E-state index contributed by atoms with van der Waals surface area (Å²) < 4.78 is 10.4. The largest absolute Gasteiger partial charge is 0.497 e. The first-order valence-electron chi connectivity index (χ1n) is 10.2. The van der Waals surface area contributed by atoms with Gasteiger partial charge in [0.25, 0.3) is 5.91 Å². The van der Waals surface area contributed by atoms with Gasteiger partial charge in [0.15, 0.2) is 0 Å². The molecule has 0 aliphatic carbocycles. The average molecular weight is 460 g/mol. The van der Waals surface area contributed by atoms with Crippen LogP contribution in [-0.2, 0) is 22.6 Å². The van der Waals surface area contributed by atoms with E-state index in [1.54, 1.807) is 31.4 Å². The summed E-state index contributed by atoms with van der Waals surface area (Å²) in [4.78, 5) is 27.8. The Bertz CT molecular complexity index is 1200. The van der Waals surface area contributed by atoms with Gasteiger partial charge >= 0.3 is 0 Å². The van der Waals surface area contributed by atoms with Gasteiger partial charge in [-0.1, -0.05) is 42.1 Å². The van der Waals surface area contributed by atoms with Gasteiger partial charge in [-0.25, -0.2) is 0 Å². The second-order valence-electron chi connectivity index (χ2n) is 7.22. The number of nitriles is 1. The van der Waals surface area contributed by atoms with Gasteiger partial charge in [-0.2, -0.15) is 5.26 Å². The molecule has 7 nitrogen and oxygen atoms in total. The highest BCUT2D eigenvalue weighted by molar-refractivity contribution is 8.05. The number of hydrogen-bond donors (Lipinski definition) is 1. The topological polar surface area (TPSA) is 95.6 Å². The minimum Gasteiger partial charge on any atom is -0.497 e. The van der Waals surface area contributed by atoms with E-state index in [1.165, 1.54) is 22.9 Å². The van der Waals surface area contributed by atoms with E-state index in [2.05, 4.69) is 5.32 Å². The SMILES string of the molecule is COc1ccc(C[C@@H]2S/C(=C(/C#N)C(=O)NCc3ccco3)N(c3ccccc3)C2=O)cc1. The van der Waals surface area contributed by atoms with E-state index in [9.17, 15) is 14.9 Å². The van der Waals surface area contributed by atoms with Gasteiger partial charge in [0.05, 0.1) is 25.2 Å². The van der Waals surface area contributed by atoms with Gasteiger partial charge in [-0.15, -0.1) is 0 Å². The maximum Gasteiger partial charge on any atom is 0.265 e. The average Bonchev–Trinajstić information content (AvgIpc) is 3.48. The molecule has 2 aromatic carbocycles. The van der Waals surface area contributed by atoms with Crippen LogP contribution < -0.4 is 15.0 Å². The van der Waals surface area contributed by atoms with Crippen LogP contribution >= 0.6 is 11.8 Å². The van der Waals surface area contributed by atoms with Crippen LogP contribution in [0.1, 0.15) is 11.3 Å². The number of carbonyl (C=O) groups is 2. The standard InChI is InChI=1S/C25H21N3O4S/c1-31-19-11-9-17(10-12-19)14-22-24(30)28(18-6-3-2-4-7-18)25(33-22)21(15-26)23(29)27-16-20-8-5-13-32-20/h2-13,22H,14,16H2,1H3,(H,27,29)/b25-21-/t22-/m0/s1. The molecule has 3 aromatic rings. The molecule has 4 rings (SSSR count). The normalized spacial score (nSPS) is 16.9. The zero-order chi connectivity index (χ0) is 23.2. The first-order valence-corrected chi connectivity index (χ1v) is 11.1. The Labute approximate surface area is 195 Å². The Morgan fingerprint density at radius 3 is 2.55 bits per heavy atom. The molecule has 166 valence electrons. The van der Waals surface area contributed by atoms with Crippen molar-refractivity contribution in [2.45, 2.75) is 18.2 Å². The first kappa shape index (κ1) is 22.2. The molecule has 1 aliphatic rings. The van der Waals surface area contributed by atoms with Crippen molar-refractivity contribution >= 4 is 29.3 Å². The summed E-state index contributed by atoms with van der Waals surface area (Å²) in [5.74, 6) is 0.563. The number of rotatable bonds is 7. The van der Waals surface area contributed by atoms with Crippen LogP contribution in [0.2, 0.25) is 0 Å². The third kappa shape index (κ3) is 4.94. The van der Waals surface area contributed by atoms with Crippen molar-refractivity contribution in [1.29, 1.82) is 5.26 Å². The summed E-state index contributed by atoms with van der Waals surface area (Å²) in [6.45, 7) is 0.142. The number of carbonyl (C=O) groups excluding carboxylic acids is 2. The number of amides is 2. The molecule has 2 heterocycles. The van der Waals surface area contributed by atoms with Gasteiger partial charge in [0.2, 0.25) is 5.91 Å². The Hall–Kier alpha value is -3.96. The van der Waals surface area contributed by atoms with Crippen molar-refractivity contribution in [1.82, 2.24) is 5.32 Å². The molecule has 8 heteroatoms. The number of thioether (sulfide) groups is 1. The fraction of sp³-hybridized carbons (Fsp3) is 0.160. The number of furan rings is 1. The molecule has 0 saturated carbocycles. The maximum absolute atomic E-state index is 13.4. The number of anilines is 1.